The minimum Gasteiger partial charge on any atom is -0.392 e. The molecule has 4 heteroatoms. The number of rotatable bonds is 7. The van der Waals surface area contributed by atoms with Crippen molar-refractivity contribution in [2.45, 2.75) is 39.5 Å². The Kier molecular flexibility index (Phi) is 6.39. The first-order valence-corrected chi connectivity index (χ1v) is 6.34. The second-order valence-corrected chi connectivity index (χ2v) is 4.42. The first-order valence-electron chi connectivity index (χ1n) is 6.34. The molecule has 0 radical (unpaired) electrons. The van der Waals surface area contributed by atoms with Gasteiger partial charge in [0, 0.05) is 19.0 Å². The van der Waals surface area contributed by atoms with Crippen LogP contribution in [-0.4, -0.2) is 23.6 Å². The zero-order chi connectivity index (χ0) is 13.4. The Morgan fingerprint density at radius 2 is 2.11 bits per heavy atom. The standard InChI is InChI=1S/C14H22N2O2/c1-3-15-11(2)7-14(18)16-9-12-5-4-6-13(8-12)10-17/h4-6,8,11,15,17H,3,7,9-10H2,1-2H3,(H,16,18). The summed E-state index contributed by atoms with van der Waals surface area (Å²) in [5.41, 5.74) is 1.87. The van der Waals surface area contributed by atoms with Gasteiger partial charge in [0.2, 0.25) is 5.91 Å². The fraction of sp³-hybridized carbons (Fsp3) is 0.500. The molecular formula is C14H22N2O2. The van der Waals surface area contributed by atoms with Crippen LogP contribution in [0.25, 0.3) is 0 Å². The van der Waals surface area contributed by atoms with Crippen LogP contribution in [0.1, 0.15) is 31.4 Å². The summed E-state index contributed by atoms with van der Waals surface area (Å²) >= 11 is 0. The van der Waals surface area contributed by atoms with Crippen LogP contribution in [0.15, 0.2) is 24.3 Å². The number of hydrogen-bond donors (Lipinski definition) is 3. The fourth-order valence-electron chi connectivity index (χ4n) is 1.81. The Balaban J connectivity index is 2.37. The second-order valence-electron chi connectivity index (χ2n) is 4.42. The van der Waals surface area contributed by atoms with Crippen LogP contribution in [0.2, 0.25) is 0 Å². The molecule has 0 aliphatic heterocycles. The lowest BCUT2D eigenvalue weighted by molar-refractivity contribution is -0.121. The van der Waals surface area contributed by atoms with E-state index in [0.717, 1.165) is 17.7 Å². The minimum absolute atomic E-state index is 0.0270. The average molecular weight is 250 g/mol. The Labute approximate surface area is 108 Å². The van der Waals surface area contributed by atoms with Gasteiger partial charge in [-0.1, -0.05) is 31.2 Å². The van der Waals surface area contributed by atoms with Crippen molar-refractivity contribution in [1.82, 2.24) is 10.6 Å². The molecule has 0 heterocycles. The number of carbonyl (C=O) groups excluding carboxylic acids is 1. The van der Waals surface area contributed by atoms with E-state index in [1.54, 1.807) is 0 Å². The number of benzene rings is 1. The molecule has 0 saturated carbocycles. The SMILES string of the molecule is CCNC(C)CC(=O)NCc1cccc(CO)c1. The molecule has 0 saturated heterocycles. The van der Waals surface area contributed by atoms with Gasteiger partial charge in [0.25, 0.3) is 0 Å². The maximum Gasteiger partial charge on any atom is 0.221 e. The van der Waals surface area contributed by atoms with E-state index in [0.29, 0.717) is 13.0 Å². The van der Waals surface area contributed by atoms with E-state index in [-0.39, 0.29) is 18.6 Å². The fourth-order valence-corrected chi connectivity index (χ4v) is 1.81. The van der Waals surface area contributed by atoms with Crippen molar-refractivity contribution in [2.24, 2.45) is 0 Å². The lowest BCUT2D eigenvalue weighted by Gasteiger charge is -2.12. The summed E-state index contributed by atoms with van der Waals surface area (Å²) in [5, 5.41) is 15.1. The quantitative estimate of drug-likeness (QED) is 0.681. The molecule has 1 rings (SSSR count). The number of hydrogen-bond acceptors (Lipinski definition) is 3. The molecule has 0 aromatic heterocycles. The number of aliphatic hydroxyl groups is 1. The molecule has 1 amide bonds. The lowest BCUT2D eigenvalue weighted by atomic mass is 10.1. The summed E-state index contributed by atoms with van der Waals surface area (Å²) in [7, 11) is 0. The lowest BCUT2D eigenvalue weighted by Crippen LogP contribution is -2.33. The summed E-state index contributed by atoms with van der Waals surface area (Å²) in [4.78, 5) is 11.7. The highest BCUT2D eigenvalue weighted by Crippen LogP contribution is 2.05. The Hall–Kier alpha value is -1.39. The Morgan fingerprint density at radius 3 is 2.78 bits per heavy atom. The molecule has 0 aliphatic carbocycles. The van der Waals surface area contributed by atoms with Gasteiger partial charge in [-0.25, -0.2) is 0 Å². The van der Waals surface area contributed by atoms with Crippen molar-refractivity contribution in [2.75, 3.05) is 6.54 Å². The smallest absolute Gasteiger partial charge is 0.221 e. The van der Waals surface area contributed by atoms with Gasteiger partial charge in [0.15, 0.2) is 0 Å². The number of aliphatic hydroxyl groups excluding tert-OH is 1. The van der Waals surface area contributed by atoms with Crippen molar-refractivity contribution in [3.63, 3.8) is 0 Å². The van der Waals surface area contributed by atoms with E-state index < -0.39 is 0 Å². The number of amides is 1. The largest absolute Gasteiger partial charge is 0.392 e. The van der Waals surface area contributed by atoms with Gasteiger partial charge in [-0.05, 0) is 24.6 Å². The first kappa shape index (κ1) is 14.7. The third kappa shape index (κ3) is 5.29. The summed E-state index contributed by atoms with van der Waals surface area (Å²) in [6, 6.07) is 7.77. The topological polar surface area (TPSA) is 61.4 Å². The zero-order valence-corrected chi connectivity index (χ0v) is 11.1. The van der Waals surface area contributed by atoms with Crippen LogP contribution in [0, 0.1) is 0 Å². The molecule has 100 valence electrons. The van der Waals surface area contributed by atoms with Crippen LogP contribution in [0.4, 0.5) is 0 Å². The van der Waals surface area contributed by atoms with E-state index in [9.17, 15) is 4.79 Å². The van der Waals surface area contributed by atoms with Crippen LogP contribution in [-0.2, 0) is 17.9 Å². The number of carbonyl (C=O) groups is 1. The van der Waals surface area contributed by atoms with Crippen molar-refractivity contribution >= 4 is 5.91 Å². The highest BCUT2D eigenvalue weighted by molar-refractivity contribution is 5.76. The molecule has 0 spiro atoms. The molecule has 4 nitrogen and oxygen atoms in total. The van der Waals surface area contributed by atoms with E-state index in [2.05, 4.69) is 10.6 Å². The van der Waals surface area contributed by atoms with Crippen LogP contribution in [0.3, 0.4) is 0 Å². The average Bonchev–Trinajstić information content (AvgIpc) is 2.37. The van der Waals surface area contributed by atoms with Crippen molar-refractivity contribution in [1.29, 1.82) is 0 Å². The highest BCUT2D eigenvalue weighted by atomic mass is 16.3. The van der Waals surface area contributed by atoms with Crippen LogP contribution in [0.5, 0.6) is 0 Å². The van der Waals surface area contributed by atoms with Gasteiger partial charge in [-0.15, -0.1) is 0 Å². The predicted octanol–water partition coefficient (Wildman–Crippen LogP) is 1.18. The first-order chi connectivity index (χ1) is 8.65. The van der Waals surface area contributed by atoms with Crippen molar-refractivity contribution in [3.8, 4) is 0 Å². The summed E-state index contributed by atoms with van der Waals surface area (Å²) < 4.78 is 0. The second kappa shape index (κ2) is 7.84. The summed E-state index contributed by atoms with van der Waals surface area (Å²) in [6.45, 7) is 5.42. The predicted molar refractivity (Wildman–Crippen MR) is 72.0 cm³/mol. The van der Waals surface area contributed by atoms with Gasteiger partial charge >= 0.3 is 0 Å². The Morgan fingerprint density at radius 1 is 1.39 bits per heavy atom. The third-order valence-electron chi connectivity index (χ3n) is 2.71. The molecule has 1 atom stereocenters. The maximum atomic E-state index is 11.7. The van der Waals surface area contributed by atoms with E-state index in [1.807, 2.05) is 38.1 Å². The molecule has 3 N–H and O–H groups in total. The van der Waals surface area contributed by atoms with Gasteiger partial charge in [-0.3, -0.25) is 4.79 Å². The summed E-state index contributed by atoms with van der Waals surface area (Å²) in [5.74, 6) is 0.0397. The summed E-state index contributed by atoms with van der Waals surface area (Å²) in [6.07, 6.45) is 0.480. The van der Waals surface area contributed by atoms with Crippen molar-refractivity contribution < 1.29 is 9.90 Å². The molecule has 1 aromatic rings. The molecule has 1 aromatic carbocycles. The van der Waals surface area contributed by atoms with Gasteiger partial charge in [-0.2, -0.15) is 0 Å². The Bertz CT molecular complexity index is 380. The molecule has 1 unspecified atom stereocenters. The van der Waals surface area contributed by atoms with Gasteiger partial charge < -0.3 is 15.7 Å². The highest BCUT2D eigenvalue weighted by Gasteiger charge is 2.07. The number of nitrogens with one attached hydrogen (secondary N) is 2. The maximum absolute atomic E-state index is 11.7. The molecule has 0 aliphatic rings. The zero-order valence-electron chi connectivity index (χ0n) is 11.1. The van der Waals surface area contributed by atoms with Gasteiger partial charge in [0.05, 0.1) is 6.61 Å². The molecule has 18 heavy (non-hydrogen) atoms. The van der Waals surface area contributed by atoms with E-state index in [1.165, 1.54) is 0 Å². The van der Waals surface area contributed by atoms with E-state index in [4.69, 9.17) is 5.11 Å². The molecule has 0 bridgehead atoms. The van der Waals surface area contributed by atoms with Crippen LogP contribution < -0.4 is 10.6 Å². The van der Waals surface area contributed by atoms with Crippen LogP contribution >= 0.6 is 0 Å². The monoisotopic (exact) mass is 250 g/mol. The normalized spacial score (nSPS) is 12.2. The minimum atomic E-state index is 0.0270. The molecular weight excluding hydrogens is 228 g/mol. The van der Waals surface area contributed by atoms with Crippen molar-refractivity contribution in [3.05, 3.63) is 35.4 Å². The third-order valence-corrected chi connectivity index (χ3v) is 2.71. The molecule has 0 fully saturated rings. The van der Waals surface area contributed by atoms with Gasteiger partial charge in [0.1, 0.15) is 0 Å². The van der Waals surface area contributed by atoms with E-state index >= 15 is 0 Å².